The van der Waals surface area contributed by atoms with Gasteiger partial charge >= 0.3 is 0 Å². The lowest BCUT2D eigenvalue weighted by Gasteiger charge is -2.30. The van der Waals surface area contributed by atoms with E-state index in [4.69, 9.17) is 37.2 Å². The lowest BCUT2D eigenvalue weighted by Crippen LogP contribution is -2.40. The Labute approximate surface area is 201 Å². The van der Waals surface area contributed by atoms with Gasteiger partial charge in [-0.05, 0) is 49.2 Å². The molecule has 1 amide bonds. The maximum Gasteiger partial charge on any atom is 0.276 e. The summed E-state index contributed by atoms with van der Waals surface area (Å²) < 4.78 is 16.1. The molecule has 7 nitrogen and oxygen atoms in total. The van der Waals surface area contributed by atoms with Crippen LogP contribution in [0.2, 0.25) is 10.0 Å². The van der Waals surface area contributed by atoms with Gasteiger partial charge in [0.05, 0.1) is 29.8 Å². The van der Waals surface area contributed by atoms with Crippen LogP contribution < -0.4 is 9.47 Å². The van der Waals surface area contributed by atoms with Crippen molar-refractivity contribution in [2.24, 2.45) is 5.92 Å². The number of halogens is 2. The van der Waals surface area contributed by atoms with E-state index < -0.39 is 0 Å². The summed E-state index contributed by atoms with van der Waals surface area (Å²) >= 11 is 12.0. The molecule has 9 heteroatoms. The number of piperidine rings is 1. The summed E-state index contributed by atoms with van der Waals surface area (Å²) in [5.74, 6) is 1.19. The number of carbonyl (C=O) groups is 2. The highest BCUT2D eigenvalue weighted by Gasteiger charge is 2.30. The number of aromatic nitrogens is 1. The van der Waals surface area contributed by atoms with E-state index in [2.05, 4.69) is 5.16 Å². The zero-order chi connectivity index (χ0) is 23.5. The Balaban J connectivity index is 1.43. The molecule has 0 spiro atoms. The van der Waals surface area contributed by atoms with Crippen LogP contribution in [-0.2, 0) is 0 Å². The molecule has 2 aromatic carbocycles. The largest absolute Gasteiger partial charge is 0.497 e. The number of nitrogens with zero attached hydrogens (tertiary/aromatic N) is 2. The molecule has 0 unspecified atom stereocenters. The average Bonchev–Trinajstić information content (AvgIpc) is 3.34. The third-order valence-corrected chi connectivity index (χ3v) is 6.50. The van der Waals surface area contributed by atoms with Gasteiger partial charge in [-0.1, -0.05) is 28.4 Å². The fraction of sp³-hybridized carbons (Fsp3) is 0.292. The maximum atomic E-state index is 13.0. The molecule has 0 bridgehead atoms. The lowest BCUT2D eigenvalue weighted by atomic mass is 9.89. The van der Waals surface area contributed by atoms with Crippen LogP contribution in [0.15, 0.2) is 47.0 Å². The van der Waals surface area contributed by atoms with Crippen molar-refractivity contribution in [3.05, 3.63) is 63.8 Å². The van der Waals surface area contributed by atoms with E-state index in [1.54, 1.807) is 61.6 Å². The molecule has 0 N–H and O–H groups in total. The quantitative estimate of drug-likeness (QED) is 0.432. The third-order valence-electron chi connectivity index (χ3n) is 5.76. The normalized spacial score (nSPS) is 14.2. The van der Waals surface area contributed by atoms with E-state index in [0.29, 0.717) is 64.4 Å². The van der Waals surface area contributed by atoms with E-state index in [9.17, 15) is 9.59 Å². The van der Waals surface area contributed by atoms with E-state index in [1.165, 1.54) is 0 Å². The molecule has 4 rings (SSSR count). The summed E-state index contributed by atoms with van der Waals surface area (Å²) in [5.41, 5.74) is 1.36. The number of ketones is 1. The number of likely N-dealkylation sites (tertiary alicyclic amines) is 1. The first kappa shape index (κ1) is 23.1. The van der Waals surface area contributed by atoms with Gasteiger partial charge in [0.25, 0.3) is 5.91 Å². The van der Waals surface area contributed by atoms with Crippen molar-refractivity contribution in [3.8, 4) is 22.8 Å². The molecule has 1 fully saturated rings. The lowest BCUT2D eigenvalue weighted by molar-refractivity contribution is 0.0642. The summed E-state index contributed by atoms with van der Waals surface area (Å²) in [4.78, 5) is 27.5. The Bertz CT molecular complexity index is 1190. The van der Waals surface area contributed by atoms with Gasteiger partial charge in [-0.2, -0.15) is 0 Å². The minimum Gasteiger partial charge on any atom is -0.497 e. The van der Waals surface area contributed by atoms with Crippen molar-refractivity contribution in [3.63, 3.8) is 0 Å². The van der Waals surface area contributed by atoms with E-state index in [1.807, 2.05) is 0 Å². The molecule has 0 radical (unpaired) electrons. The van der Waals surface area contributed by atoms with Crippen LogP contribution in [0.25, 0.3) is 11.3 Å². The average molecular weight is 489 g/mol. The zero-order valence-corrected chi connectivity index (χ0v) is 19.7. The highest BCUT2D eigenvalue weighted by molar-refractivity contribution is 6.42. The first-order chi connectivity index (χ1) is 15.9. The number of carbonyl (C=O) groups excluding carboxylic acids is 2. The molecule has 0 saturated carbocycles. The first-order valence-corrected chi connectivity index (χ1v) is 11.1. The molecule has 1 aromatic heterocycles. The molecular weight excluding hydrogens is 467 g/mol. The molecule has 0 aliphatic carbocycles. The summed E-state index contributed by atoms with van der Waals surface area (Å²) in [6.45, 7) is 0.891. The number of amides is 1. The van der Waals surface area contributed by atoms with E-state index in [0.717, 1.165) is 0 Å². The number of methoxy groups -OCH3 is 2. The van der Waals surface area contributed by atoms with Crippen LogP contribution in [0.4, 0.5) is 0 Å². The monoisotopic (exact) mass is 488 g/mol. The van der Waals surface area contributed by atoms with E-state index >= 15 is 0 Å². The first-order valence-electron chi connectivity index (χ1n) is 10.4. The molecule has 3 aromatic rings. The second kappa shape index (κ2) is 9.85. The molecule has 33 heavy (non-hydrogen) atoms. The summed E-state index contributed by atoms with van der Waals surface area (Å²) in [7, 11) is 3.12. The van der Waals surface area contributed by atoms with Crippen LogP contribution in [0, 0.1) is 5.92 Å². The predicted octanol–water partition coefficient (Wildman–Crippen LogP) is 5.40. The summed E-state index contributed by atoms with van der Waals surface area (Å²) in [5, 5.41) is 4.72. The van der Waals surface area contributed by atoms with Crippen LogP contribution in [0.5, 0.6) is 11.5 Å². The van der Waals surface area contributed by atoms with Gasteiger partial charge in [-0.25, -0.2) is 0 Å². The van der Waals surface area contributed by atoms with Crippen molar-refractivity contribution in [1.82, 2.24) is 10.1 Å². The van der Waals surface area contributed by atoms with Crippen molar-refractivity contribution >= 4 is 34.9 Å². The maximum absolute atomic E-state index is 13.0. The topological polar surface area (TPSA) is 81.9 Å². The van der Waals surface area contributed by atoms with Crippen LogP contribution in [0.3, 0.4) is 0 Å². The van der Waals surface area contributed by atoms with Gasteiger partial charge in [0, 0.05) is 30.6 Å². The highest BCUT2D eigenvalue weighted by Crippen LogP contribution is 2.34. The van der Waals surface area contributed by atoms with Crippen LogP contribution in [0.1, 0.15) is 33.7 Å². The molecule has 172 valence electrons. The van der Waals surface area contributed by atoms with Gasteiger partial charge < -0.3 is 18.9 Å². The molecule has 1 aliphatic rings. The second-order valence-corrected chi connectivity index (χ2v) is 8.52. The van der Waals surface area contributed by atoms with Gasteiger partial charge in [-0.15, -0.1) is 0 Å². The predicted molar refractivity (Wildman–Crippen MR) is 124 cm³/mol. The number of benzene rings is 2. The molecule has 0 atom stereocenters. The third kappa shape index (κ3) is 4.84. The SMILES string of the molecule is COc1ccc(OC)c(-c2cc(C(=O)N3CCC(C(=O)c4ccc(Cl)c(Cl)c4)CC3)no2)c1. The van der Waals surface area contributed by atoms with Crippen molar-refractivity contribution in [2.75, 3.05) is 27.3 Å². The fourth-order valence-corrected chi connectivity index (χ4v) is 4.20. The fourth-order valence-electron chi connectivity index (χ4n) is 3.90. The van der Waals surface area contributed by atoms with Crippen LogP contribution in [-0.4, -0.2) is 49.1 Å². The number of Topliss-reactive ketones (excluding diaryl/α,β-unsaturated/α-hetero) is 1. The van der Waals surface area contributed by atoms with Gasteiger partial charge in [0.15, 0.2) is 17.2 Å². The molecule has 1 aliphatic heterocycles. The van der Waals surface area contributed by atoms with Crippen LogP contribution >= 0.6 is 23.2 Å². The Hall–Kier alpha value is -3.03. The molecule has 1 saturated heterocycles. The van der Waals surface area contributed by atoms with Gasteiger partial charge in [0.2, 0.25) is 0 Å². The molecular formula is C24H22Cl2N2O5. The van der Waals surface area contributed by atoms with E-state index in [-0.39, 0.29) is 23.3 Å². The second-order valence-electron chi connectivity index (χ2n) is 7.70. The smallest absolute Gasteiger partial charge is 0.276 e. The minimum absolute atomic E-state index is 0.00880. The summed E-state index contributed by atoms with van der Waals surface area (Å²) in [6.07, 6.45) is 1.11. The minimum atomic E-state index is -0.243. The Morgan fingerprint density at radius 3 is 2.42 bits per heavy atom. The zero-order valence-electron chi connectivity index (χ0n) is 18.1. The highest BCUT2D eigenvalue weighted by atomic mass is 35.5. The summed E-state index contributed by atoms with van der Waals surface area (Å²) in [6, 6.07) is 11.8. The van der Waals surface area contributed by atoms with Crippen molar-refractivity contribution < 1.29 is 23.6 Å². The standard InChI is InChI=1S/C24H22Cl2N2O5/c1-31-16-4-6-21(32-2)17(12-16)22-13-20(27-33-22)24(30)28-9-7-14(8-10-28)23(29)15-3-5-18(25)19(26)11-15/h3-6,11-14H,7-10H2,1-2H3. The number of ether oxygens (including phenoxy) is 2. The number of hydrogen-bond acceptors (Lipinski definition) is 6. The Kier molecular flexibility index (Phi) is 6.91. The Morgan fingerprint density at radius 2 is 1.76 bits per heavy atom. The Morgan fingerprint density at radius 1 is 1.00 bits per heavy atom. The molecule has 2 heterocycles. The van der Waals surface area contributed by atoms with Gasteiger partial charge in [-0.3, -0.25) is 9.59 Å². The van der Waals surface area contributed by atoms with Crippen molar-refractivity contribution in [2.45, 2.75) is 12.8 Å². The number of rotatable bonds is 6. The van der Waals surface area contributed by atoms with Crippen molar-refractivity contribution in [1.29, 1.82) is 0 Å². The van der Waals surface area contributed by atoms with Gasteiger partial charge in [0.1, 0.15) is 11.5 Å². The number of hydrogen-bond donors (Lipinski definition) is 0.